The predicted molar refractivity (Wildman–Crippen MR) is 121 cm³/mol. The van der Waals surface area contributed by atoms with Gasteiger partial charge in [-0.15, -0.1) is 0 Å². The van der Waals surface area contributed by atoms with Crippen LogP contribution in [0.5, 0.6) is 0 Å². The first kappa shape index (κ1) is 21.3. The van der Waals surface area contributed by atoms with Crippen LogP contribution in [0.25, 0.3) is 22.4 Å². The zero-order chi connectivity index (χ0) is 22.9. The van der Waals surface area contributed by atoms with Crippen LogP contribution in [-0.4, -0.2) is 32.6 Å². The summed E-state index contributed by atoms with van der Waals surface area (Å²) in [6.45, 7) is 6.02. The summed E-state index contributed by atoms with van der Waals surface area (Å²) in [6, 6.07) is 14.6. The molecule has 0 fully saturated rings. The predicted octanol–water partition coefficient (Wildman–Crippen LogP) is 3.37. The number of aromatic nitrogens is 3. The van der Waals surface area contributed by atoms with Gasteiger partial charge in [-0.25, -0.2) is 4.98 Å². The van der Waals surface area contributed by atoms with Gasteiger partial charge in [0.25, 0.3) is 5.91 Å². The number of oxazole rings is 1. The van der Waals surface area contributed by atoms with Crippen LogP contribution in [0, 0.1) is 5.41 Å². The molecule has 2 amide bonds. The van der Waals surface area contributed by atoms with Gasteiger partial charge in [-0.3, -0.25) is 14.3 Å². The molecular formula is C24H25N5O3. The average Bonchev–Trinajstić information content (AvgIpc) is 3.40. The summed E-state index contributed by atoms with van der Waals surface area (Å²) in [5.74, 6) is -0.622. The Balaban J connectivity index is 1.79. The molecule has 0 saturated heterocycles. The number of nitrogens with zero attached hydrogens (tertiary/aromatic N) is 3. The van der Waals surface area contributed by atoms with Crippen molar-refractivity contribution in [2.45, 2.75) is 33.4 Å². The van der Waals surface area contributed by atoms with Crippen molar-refractivity contribution < 1.29 is 14.0 Å². The van der Waals surface area contributed by atoms with E-state index in [0.717, 1.165) is 16.6 Å². The molecule has 8 heteroatoms. The normalized spacial score (nSPS) is 12.6. The van der Waals surface area contributed by atoms with Crippen LogP contribution in [0.3, 0.4) is 0 Å². The van der Waals surface area contributed by atoms with Crippen molar-refractivity contribution in [2.24, 2.45) is 11.1 Å². The van der Waals surface area contributed by atoms with Crippen molar-refractivity contribution in [3.8, 4) is 11.5 Å². The van der Waals surface area contributed by atoms with E-state index in [-0.39, 0.29) is 5.69 Å². The van der Waals surface area contributed by atoms with E-state index >= 15 is 0 Å². The topological polar surface area (TPSA) is 116 Å². The minimum atomic E-state index is -0.848. The molecule has 0 saturated carbocycles. The van der Waals surface area contributed by atoms with Gasteiger partial charge in [0.05, 0.1) is 18.3 Å². The Morgan fingerprint density at radius 3 is 2.53 bits per heavy atom. The number of nitrogens with two attached hydrogens (primary N) is 1. The van der Waals surface area contributed by atoms with Crippen molar-refractivity contribution in [1.29, 1.82) is 0 Å². The summed E-state index contributed by atoms with van der Waals surface area (Å²) in [5.41, 5.74) is 7.76. The molecule has 2 aromatic heterocycles. The highest BCUT2D eigenvalue weighted by Crippen LogP contribution is 2.27. The lowest BCUT2D eigenvalue weighted by molar-refractivity contribution is -0.122. The van der Waals surface area contributed by atoms with Crippen molar-refractivity contribution in [2.75, 3.05) is 0 Å². The quantitative estimate of drug-likeness (QED) is 0.486. The van der Waals surface area contributed by atoms with Gasteiger partial charge in [0, 0.05) is 10.9 Å². The molecule has 1 atom stereocenters. The van der Waals surface area contributed by atoms with Crippen LogP contribution in [0.1, 0.15) is 36.8 Å². The third-order valence-corrected chi connectivity index (χ3v) is 5.25. The van der Waals surface area contributed by atoms with Crippen molar-refractivity contribution >= 4 is 22.7 Å². The second-order valence-corrected chi connectivity index (χ2v) is 8.74. The molecule has 0 radical (unpaired) electrons. The number of hydrogen-bond donors (Lipinski definition) is 2. The molecular weight excluding hydrogens is 406 g/mol. The Hall–Kier alpha value is -3.94. The number of carbonyl (C=O) groups is 2. The molecule has 4 rings (SSSR count). The fourth-order valence-corrected chi connectivity index (χ4v) is 3.64. The lowest BCUT2D eigenvalue weighted by Crippen LogP contribution is -2.52. The van der Waals surface area contributed by atoms with Crippen LogP contribution < -0.4 is 11.1 Å². The molecule has 0 spiro atoms. The van der Waals surface area contributed by atoms with E-state index in [1.54, 1.807) is 10.9 Å². The van der Waals surface area contributed by atoms with Crippen LogP contribution in [0.2, 0.25) is 0 Å². The molecule has 0 aliphatic carbocycles. The van der Waals surface area contributed by atoms with Gasteiger partial charge >= 0.3 is 0 Å². The first-order valence-corrected chi connectivity index (χ1v) is 10.3. The number of benzene rings is 2. The van der Waals surface area contributed by atoms with E-state index in [2.05, 4.69) is 15.4 Å². The number of nitrogens with one attached hydrogen (secondary N) is 1. The van der Waals surface area contributed by atoms with Gasteiger partial charge in [-0.1, -0.05) is 51.1 Å². The highest BCUT2D eigenvalue weighted by atomic mass is 16.3. The maximum absolute atomic E-state index is 13.2. The Morgan fingerprint density at radius 1 is 1.16 bits per heavy atom. The molecule has 8 nitrogen and oxygen atoms in total. The Morgan fingerprint density at radius 2 is 1.91 bits per heavy atom. The SMILES string of the molecule is CC(C)(C)C(NC(=O)c1nn(Cc2ccccc2)c2ccc(-c3ncco3)cc12)C(N)=O. The highest BCUT2D eigenvalue weighted by molar-refractivity contribution is 6.07. The number of amides is 2. The molecule has 3 N–H and O–H groups in total. The molecule has 0 bridgehead atoms. The maximum Gasteiger partial charge on any atom is 0.273 e. The number of carbonyl (C=O) groups excluding carboxylic acids is 2. The minimum Gasteiger partial charge on any atom is -0.445 e. The molecule has 1 unspecified atom stereocenters. The van der Waals surface area contributed by atoms with Crippen LogP contribution in [0.4, 0.5) is 0 Å². The third kappa shape index (κ3) is 4.25. The second-order valence-electron chi connectivity index (χ2n) is 8.74. The van der Waals surface area contributed by atoms with Crippen LogP contribution in [-0.2, 0) is 11.3 Å². The Kier molecular flexibility index (Phi) is 5.52. The van der Waals surface area contributed by atoms with E-state index in [0.29, 0.717) is 17.8 Å². The summed E-state index contributed by atoms with van der Waals surface area (Å²) < 4.78 is 7.19. The van der Waals surface area contributed by atoms with Crippen molar-refractivity contribution in [1.82, 2.24) is 20.1 Å². The fourth-order valence-electron chi connectivity index (χ4n) is 3.64. The average molecular weight is 431 g/mol. The van der Waals surface area contributed by atoms with E-state index in [1.165, 1.54) is 6.26 Å². The number of hydrogen-bond acceptors (Lipinski definition) is 5. The van der Waals surface area contributed by atoms with Crippen molar-refractivity contribution in [3.05, 3.63) is 72.2 Å². The molecule has 4 aromatic rings. The van der Waals surface area contributed by atoms with Gasteiger partial charge in [0.1, 0.15) is 12.3 Å². The third-order valence-electron chi connectivity index (χ3n) is 5.25. The molecule has 32 heavy (non-hydrogen) atoms. The second kappa shape index (κ2) is 8.30. The summed E-state index contributed by atoms with van der Waals surface area (Å²) in [4.78, 5) is 29.4. The van der Waals surface area contributed by atoms with E-state index < -0.39 is 23.3 Å². The first-order valence-electron chi connectivity index (χ1n) is 10.3. The minimum absolute atomic E-state index is 0.208. The molecule has 164 valence electrons. The van der Waals surface area contributed by atoms with Gasteiger partial charge in [-0.05, 0) is 29.2 Å². The number of primary amides is 1. The summed E-state index contributed by atoms with van der Waals surface area (Å²) in [7, 11) is 0. The van der Waals surface area contributed by atoms with Gasteiger partial charge in [0.15, 0.2) is 5.69 Å². The zero-order valence-corrected chi connectivity index (χ0v) is 18.2. The smallest absolute Gasteiger partial charge is 0.273 e. The molecule has 2 heterocycles. The number of fused-ring (bicyclic) bond motifs is 1. The van der Waals surface area contributed by atoms with Crippen molar-refractivity contribution in [3.63, 3.8) is 0 Å². The number of rotatable bonds is 6. The lowest BCUT2D eigenvalue weighted by atomic mass is 9.86. The van der Waals surface area contributed by atoms with E-state index in [4.69, 9.17) is 10.2 Å². The van der Waals surface area contributed by atoms with E-state index in [9.17, 15) is 9.59 Å². The zero-order valence-electron chi connectivity index (χ0n) is 18.2. The highest BCUT2D eigenvalue weighted by Gasteiger charge is 2.32. The maximum atomic E-state index is 13.2. The van der Waals surface area contributed by atoms with E-state index in [1.807, 2.05) is 69.3 Å². The summed E-state index contributed by atoms with van der Waals surface area (Å²) in [6.07, 6.45) is 3.06. The van der Waals surface area contributed by atoms with Gasteiger partial charge < -0.3 is 15.5 Å². The molecule has 0 aliphatic heterocycles. The van der Waals surface area contributed by atoms with Gasteiger partial charge in [-0.2, -0.15) is 5.10 Å². The Labute approximate surface area is 185 Å². The van der Waals surface area contributed by atoms with Crippen LogP contribution >= 0.6 is 0 Å². The lowest BCUT2D eigenvalue weighted by Gasteiger charge is -2.28. The molecule has 2 aromatic carbocycles. The largest absolute Gasteiger partial charge is 0.445 e. The monoisotopic (exact) mass is 431 g/mol. The van der Waals surface area contributed by atoms with Crippen LogP contribution in [0.15, 0.2) is 65.4 Å². The molecule has 0 aliphatic rings. The Bertz CT molecular complexity index is 1250. The first-order chi connectivity index (χ1) is 15.2. The van der Waals surface area contributed by atoms with Gasteiger partial charge in [0.2, 0.25) is 11.8 Å². The standard InChI is InChI=1S/C24H25N5O3/c1-24(2,3)20(21(25)30)27-22(31)19-17-13-16(23-26-11-12-32-23)9-10-18(17)29(28-19)14-15-7-5-4-6-8-15/h4-13,20H,14H2,1-3H3,(H2,25,30)(H,27,31). The summed E-state index contributed by atoms with van der Waals surface area (Å²) in [5, 5.41) is 8.00. The fraction of sp³-hybridized carbons (Fsp3) is 0.250. The summed E-state index contributed by atoms with van der Waals surface area (Å²) >= 11 is 0.